The van der Waals surface area contributed by atoms with Crippen molar-refractivity contribution in [1.82, 2.24) is 4.98 Å². The van der Waals surface area contributed by atoms with Crippen molar-refractivity contribution in [3.05, 3.63) is 42.1 Å². The predicted molar refractivity (Wildman–Crippen MR) is 59.3 cm³/mol. The first kappa shape index (κ1) is 10.1. The number of fused-ring (bicyclic) bond motifs is 1. The maximum absolute atomic E-state index is 13.5. The largest absolute Gasteiger partial charge is 0.330 e. The number of rotatable bonds is 3. The van der Waals surface area contributed by atoms with Crippen LogP contribution in [-0.2, 0) is 0 Å². The molecule has 15 heavy (non-hydrogen) atoms. The lowest BCUT2D eigenvalue weighted by Gasteiger charge is -2.07. The summed E-state index contributed by atoms with van der Waals surface area (Å²) in [5.41, 5.74) is 6.82. The van der Waals surface area contributed by atoms with Crippen molar-refractivity contribution in [2.75, 3.05) is 6.54 Å². The van der Waals surface area contributed by atoms with E-state index in [9.17, 15) is 4.39 Å². The zero-order valence-electron chi connectivity index (χ0n) is 8.36. The van der Waals surface area contributed by atoms with E-state index in [-0.39, 0.29) is 0 Å². The van der Waals surface area contributed by atoms with Crippen molar-refractivity contribution in [3.8, 4) is 0 Å². The summed E-state index contributed by atoms with van der Waals surface area (Å²) in [6.45, 7) is 0.355. The molecule has 0 amide bonds. The van der Waals surface area contributed by atoms with Crippen LogP contribution < -0.4 is 5.73 Å². The standard InChI is InChI=1S/C12H13FN2/c13-11(5-6-14)10-7-9-3-1-2-4-12(9)15-8-10/h1-4,7-8,11H,5-6,14H2. The first-order valence-electron chi connectivity index (χ1n) is 5.00. The number of hydrogen-bond acceptors (Lipinski definition) is 2. The van der Waals surface area contributed by atoms with Crippen LogP contribution in [0.25, 0.3) is 10.9 Å². The second-order valence-corrected chi connectivity index (χ2v) is 3.51. The van der Waals surface area contributed by atoms with Crippen LogP contribution in [0.4, 0.5) is 4.39 Å². The maximum Gasteiger partial charge on any atom is 0.128 e. The highest BCUT2D eigenvalue weighted by atomic mass is 19.1. The van der Waals surface area contributed by atoms with Crippen LogP contribution in [0.15, 0.2) is 36.5 Å². The van der Waals surface area contributed by atoms with Gasteiger partial charge in [0.2, 0.25) is 0 Å². The molecule has 1 aromatic heterocycles. The highest BCUT2D eigenvalue weighted by Gasteiger charge is 2.09. The van der Waals surface area contributed by atoms with Crippen LogP contribution in [0.1, 0.15) is 18.2 Å². The van der Waals surface area contributed by atoms with Gasteiger partial charge >= 0.3 is 0 Å². The number of pyridine rings is 1. The van der Waals surface area contributed by atoms with E-state index in [1.807, 2.05) is 30.3 Å². The van der Waals surface area contributed by atoms with Crippen molar-refractivity contribution in [2.45, 2.75) is 12.6 Å². The van der Waals surface area contributed by atoms with Gasteiger partial charge in [-0.25, -0.2) is 4.39 Å². The van der Waals surface area contributed by atoms with Gasteiger partial charge in [-0.2, -0.15) is 0 Å². The van der Waals surface area contributed by atoms with Gasteiger partial charge in [-0.3, -0.25) is 4.98 Å². The molecule has 78 valence electrons. The molecule has 0 spiro atoms. The van der Waals surface area contributed by atoms with E-state index in [0.717, 1.165) is 10.9 Å². The van der Waals surface area contributed by atoms with E-state index >= 15 is 0 Å². The van der Waals surface area contributed by atoms with Crippen molar-refractivity contribution in [2.24, 2.45) is 5.73 Å². The lowest BCUT2D eigenvalue weighted by atomic mass is 10.1. The van der Waals surface area contributed by atoms with Crippen LogP contribution in [-0.4, -0.2) is 11.5 Å². The summed E-state index contributed by atoms with van der Waals surface area (Å²) in [7, 11) is 0. The lowest BCUT2D eigenvalue weighted by Crippen LogP contribution is -2.03. The Bertz CT molecular complexity index is 456. The molecule has 1 atom stereocenters. The molecular weight excluding hydrogens is 191 g/mol. The van der Waals surface area contributed by atoms with Gasteiger partial charge in [0.1, 0.15) is 6.17 Å². The molecule has 2 N–H and O–H groups in total. The first-order valence-corrected chi connectivity index (χ1v) is 5.00. The van der Waals surface area contributed by atoms with E-state index in [4.69, 9.17) is 5.73 Å². The topological polar surface area (TPSA) is 38.9 Å². The minimum Gasteiger partial charge on any atom is -0.330 e. The van der Waals surface area contributed by atoms with Gasteiger partial charge in [0.25, 0.3) is 0 Å². The monoisotopic (exact) mass is 204 g/mol. The number of hydrogen-bond donors (Lipinski definition) is 1. The lowest BCUT2D eigenvalue weighted by molar-refractivity contribution is 0.327. The van der Waals surface area contributed by atoms with E-state index < -0.39 is 6.17 Å². The zero-order valence-corrected chi connectivity index (χ0v) is 8.36. The molecule has 0 saturated heterocycles. The Morgan fingerprint density at radius 2 is 2.13 bits per heavy atom. The molecule has 0 radical (unpaired) electrons. The molecule has 0 bridgehead atoms. The molecular formula is C12H13FN2. The molecule has 1 unspecified atom stereocenters. The van der Waals surface area contributed by atoms with Crippen LogP contribution in [0.5, 0.6) is 0 Å². The number of benzene rings is 1. The minimum absolute atomic E-state index is 0.347. The van der Waals surface area contributed by atoms with Gasteiger partial charge in [0, 0.05) is 17.1 Å². The normalized spacial score (nSPS) is 12.9. The van der Waals surface area contributed by atoms with Gasteiger partial charge in [0.15, 0.2) is 0 Å². The van der Waals surface area contributed by atoms with Crippen molar-refractivity contribution >= 4 is 10.9 Å². The Hall–Kier alpha value is -1.48. The summed E-state index contributed by atoms with van der Waals surface area (Å²) in [5.74, 6) is 0. The number of para-hydroxylation sites is 1. The molecule has 2 nitrogen and oxygen atoms in total. The number of nitrogens with two attached hydrogens (primary N) is 1. The van der Waals surface area contributed by atoms with Crippen LogP contribution in [0.2, 0.25) is 0 Å². The van der Waals surface area contributed by atoms with Crippen LogP contribution in [0.3, 0.4) is 0 Å². The summed E-state index contributed by atoms with van der Waals surface area (Å²) in [5, 5.41) is 0.967. The van der Waals surface area contributed by atoms with Crippen LogP contribution in [0, 0.1) is 0 Å². The number of nitrogens with zero attached hydrogens (tertiary/aromatic N) is 1. The van der Waals surface area contributed by atoms with Gasteiger partial charge in [-0.15, -0.1) is 0 Å². The molecule has 3 heteroatoms. The van der Waals surface area contributed by atoms with Gasteiger partial charge in [-0.1, -0.05) is 18.2 Å². The number of alkyl halides is 1. The van der Waals surface area contributed by atoms with Gasteiger partial charge in [-0.05, 0) is 25.1 Å². The Morgan fingerprint density at radius 1 is 1.33 bits per heavy atom. The molecule has 1 aromatic carbocycles. The SMILES string of the molecule is NCCC(F)c1cnc2ccccc2c1. The molecule has 0 saturated carbocycles. The van der Waals surface area contributed by atoms with E-state index in [2.05, 4.69) is 4.98 Å². The molecule has 0 aliphatic heterocycles. The summed E-state index contributed by atoms with van der Waals surface area (Å²) in [6.07, 6.45) is 0.926. The predicted octanol–water partition coefficient (Wildman–Crippen LogP) is 2.59. The minimum atomic E-state index is -1.01. The Kier molecular flexibility index (Phi) is 2.92. The Balaban J connectivity index is 2.38. The number of aromatic nitrogens is 1. The Labute approximate surface area is 87.9 Å². The molecule has 1 heterocycles. The molecule has 0 fully saturated rings. The van der Waals surface area contributed by atoms with E-state index in [1.54, 1.807) is 6.20 Å². The second kappa shape index (κ2) is 4.36. The second-order valence-electron chi connectivity index (χ2n) is 3.51. The first-order chi connectivity index (χ1) is 7.31. The highest BCUT2D eigenvalue weighted by Crippen LogP contribution is 2.22. The highest BCUT2D eigenvalue weighted by molar-refractivity contribution is 5.78. The average molecular weight is 204 g/mol. The van der Waals surface area contributed by atoms with Crippen LogP contribution >= 0.6 is 0 Å². The van der Waals surface area contributed by atoms with Gasteiger partial charge < -0.3 is 5.73 Å². The van der Waals surface area contributed by atoms with Crippen molar-refractivity contribution < 1.29 is 4.39 Å². The zero-order chi connectivity index (χ0) is 10.7. The summed E-state index contributed by atoms with van der Waals surface area (Å²) >= 11 is 0. The third kappa shape index (κ3) is 2.13. The van der Waals surface area contributed by atoms with E-state index in [0.29, 0.717) is 18.5 Å². The third-order valence-corrected chi connectivity index (χ3v) is 2.39. The van der Waals surface area contributed by atoms with Crippen molar-refractivity contribution in [1.29, 1.82) is 0 Å². The quantitative estimate of drug-likeness (QED) is 0.834. The molecule has 0 aliphatic rings. The molecule has 2 rings (SSSR count). The fraction of sp³-hybridized carbons (Fsp3) is 0.250. The Morgan fingerprint density at radius 3 is 2.93 bits per heavy atom. The summed E-state index contributed by atoms with van der Waals surface area (Å²) in [4.78, 5) is 4.20. The number of halogens is 1. The summed E-state index contributed by atoms with van der Waals surface area (Å²) < 4.78 is 13.5. The third-order valence-electron chi connectivity index (χ3n) is 2.39. The molecule has 0 aliphatic carbocycles. The van der Waals surface area contributed by atoms with Gasteiger partial charge in [0.05, 0.1) is 5.52 Å². The smallest absolute Gasteiger partial charge is 0.128 e. The van der Waals surface area contributed by atoms with Crippen molar-refractivity contribution in [3.63, 3.8) is 0 Å². The average Bonchev–Trinajstić information content (AvgIpc) is 2.29. The maximum atomic E-state index is 13.5. The summed E-state index contributed by atoms with van der Waals surface area (Å²) in [6, 6.07) is 9.52. The fourth-order valence-corrected chi connectivity index (χ4v) is 1.57. The van der Waals surface area contributed by atoms with E-state index in [1.165, 1.54) is 0 Å². The fourth-order valence-electron chi connectivity index (χ4n) is 1.57. The molecule has 2 aromatic rings.